The first-order valence-electron chi connectivity index (χ1n) is 16.9. The maximum absolute atomic E-state index is 5.37. The van der Waals surface area contributed by atoms with Crippen molar-refractivity contribution in [1.82, 2.24) is 14.5 Å². The van der Waals surface area contributed by atoms with Gasteiger partial charge in [-0.2, -0.15) is 0 Å². The second-order valence-electron chi connectivity index (χ2n) is 12.6. The van der Waals surface area contributed by atoms with Crippen LogP contribution in [0.3, 0.4) is 0 Å². The Hall–Kier alpha value is -6.78. The highest BCUT2D eigenvalue weighted by Gasteiger charge is 2.30. The van der Waals surface area contributed by atoms with Crippen molar-refractivity contribution in [2.24, 2.45) is 0 Å². The Morgan fingerprint density at radius 2 is 0.900 bits per heavy atom. The number of benzene rings is 7. The molecule has 0 saturated carbocycles. The van der Waals surface area contributed by atoms with E-state index in [9.17, 15) is 0 Å². The topological polar surface area (TPSA) is 34.0 Å². The van der Waals surface area contributed by atoms with Crippen molar-refractivity contribution in [3.8, 4) is 50.5 Å². The SMILES string of the molecule is c1ccc(-c2cc(-c3ccccc3)nc(N3c4ccccc4-c4ccccc4-c4cc5c6ccccc6n(-c6ccccc6)c5cc43)n2)cc1. The highest BCUT2D eigenvalue weighted by molar-refractivity contribution is 6.14. The van der Waals surface area contributed by atoms with Gasteiger partial charge in [-0.15, -0.1) is 0 Å². The summed E-state index contributed by atoms with van der Waals surface area (Å²) in [7, 11) is 0. The van der Waals surface area contributed by atoms with Crippen LogP contribution in [0.4, 0.5) is 17.3 Å². The fourth-order valence-electron chi connectivity index (χ4n) is 7.50. The van der Waals surface area contributed by atoms with Crippen LogP contribution in [0.15, 0.2) is 182 Å². The second kappa shape index (κ2) is 11.4. The van der Waals surface area contributed by atoms with E-state index < -0.39 is 0 Å². The minimum absolute atomic E-state index is 0.619. The highest BCUT2D eigenvalue weighted by Crippen LogP contribution is 2.52. The summed E-state index contributed by atoms with van der Waals surface area (Å²) in [4.78, 5) is 13.0. The highest BCUT2D eigenvalue weighted by atomic mass is 15.3. The van der Waals surface area contributed by atoms with E-state index in [1.165, 1.54) is 27.4 Å². The van der Waals surface area contributed by atoms with Gasteiger partial charge in [-0.3, -0.25) is 4.90 Å². The van der Waals surface area contributed by atoms with Gasteiger partial charge >= 0.3 is 0 Å². The van der Waals surface area contributed by atoms with Crippen LogP contribution in [0, 0.1) is 0 Å². The van der Waals surface area contributed by atoms with Gasteiger partial charge in [0, 0.05) is 38.7 Å². The first kappa shape index (κ1) is 28.3. The van der Waals surface area contributed by atoms with Gasteiger partial charge in [-0.25, -0.2) is 9.97 Å². The fraction of sp³-hybridized carbons (Fsp3) is 0. The fourth-order valence-corrected chi connectivity index (χ4v) is 7.50. The Morgan fingerprint density at radius 3 is 1.58 bits per heavy atom. The molecule has 0 aliphatic carbocycles. The quantitative estimate of drug-likeness (QED) is 0.192. The molecule has 9 aromatic rings. The Balaban J connectivity index is 1.34. The number of nitrogens with zero attached hydrogens (tertiary/aromatic N) is 4. The summed E-state index contributed by atoms with van der Waals surface area (Å²) in [5, 5.41) is 2.42. The molecule has 0 radical (unpaired) electrons. The molecule has 7 aromatic carbocycles. The Labute approximate surface area is 290 Å². The van der Waals surface area contributed by atoms with Gasteiger partial charge in [0.15, 0.2) is 0 Å². The largest absolute Gasteiger partial charge is 0.309 e. The van der Waals surface area contributed by atoms with Crippen molar-refractivity contribution >= 4 is 39.1 Å². The minimum atomic E-state index is 0.619. The van der Waals surface area contributed by atoms with E-state index >= 15 is 0 Å². The van der Waals surface area contributed by atoms with Crippen LogP contribution in [-0.4, -0.2) is 14.5 Å². The maximum Gasteiger partial charge on any atom is 0.235 e. The summed E-state index contributed by atoms with van der Waals surface area (Å²) in [5.41, 5.74) is 13.9. The van der Waals surface area contributed by atoms with Gasteiger partial charge in [-0.05, 0) is 53.6 Å². The van der Waals surface area contributed by atoms with Crippen LogP contribution in [-0.2, 0) is 0 Å². The average Bonchev–Trinajstić information content (AvgIpc) is 3.46. The summed E-state index contributed by atoms with van der Waals surface area (Å²) in [6, 6.07) is 64.3. The van der Waals surface area contributed by atoms with Gasteiger partial charge in [0.1, 0.15) is 0 Å². The summed E-state index contributed by atoms with van der Waals surface area (Å²) < 4.78 is 2.38. The van der Waals surface area contributed by atoms with Gasteiger partial charge in [0.05, 0.1) is 33.8 Å². The van der Waals surface area contributed by atoms with E-state index in [4.69, 9.17) is 9.97 Å². The van der Waals surface area contributed by atoms with Crippen molar-refractivity contribution in [3.05, 3.63) is 182 Å². The van der Waals surface area contributed by atoms with Crippen molar-refractivity contribution in [2.75, 3.05) is 4.90 Å². The molecule has 10 rings (SSSR count). The lowest BCUT2D eigenvalue weighted by molar-refractivity contribution is 1.09. The third kappa shape index (κ3) is 4.46. The lowest BCUT2D eigenvalue weighted by Crippen LogP contribution is -2.15. The van der Waals surface area contributed by atoms with Crippen LogP contribution in [0.2, 0.25) is 0 Å². The average molecular weight is 639 g/mol. The monoisotopic (exact) mass is 638 g/mol. The van der Waals surface area contributed by atoms with E-state index in [0.29, 0.717) is 5.95 Å². The van der Waals surface area contributed by atoms with Gasteiger partial charge < -0.3 is 4.57 Å². The molecule has 0 spiro atoms. The molecular formula is C46H30N4. The molecule has 0 atom stereocenters. The predicted molar refractivity (Wildman–Crippen MR) is 206 cm³/mol. The molecule has 234 valence electrons. The molecule has 3 heterocycles. The van der Waals surface area contributed by atoms with Crippen molar-refractivity contribution in [3.63, 3.8) is 0 Å². The Kier molecular flexibility index (Phi) is 6.46. The molecular weight excluding hydrogens is 609 g/mol. The Morgan fingerprint density at radius 1 is 0.360 bits per heavy atom. The standard InChI is InChI=1S/C46H30N4/c1-4-16-31(17-5-1)40-29-41(32-18-6-2-7-19-32)48-46(47-40)50-43-27-15-12-24-36(43)34-22-10-11-23-35(34)38-28-39-37-25-13-14-26-42(37)49(44(39)30-45(38)50)33-20-8-3-9-21-33/h1-30H. The molecule has 0 bridgehead atoms. The molecule has 1 aliphatic rings. The second-order valence-corrected chi connectivity index (χ2v) is 12.6. The van der Waals surface area contributed by atoms with Crippen LogP contribution in [0.1, 0.15) is 0 Å². The Bertz CT molecular complexity index is 2640. The summed E-state index contributed by atoms with van der Waals surface area (Å²) in [6.45, 7) is 0. The zero-order valence-corrected chi connectivity index (χ0v) is 27.1. The van der Waals surface area contributed by atoms with Crippen LogP contribution in [0.25, 0.3) is 72.3 Å². The van der Waals surface area contributed by atoms with Gasteiger partial charge in [0.25, 0.3) is 0 Å². The van der Waals surface area contributed by atoms with Crippen LogP contribution < -0.4 is 4.90 Å². The van der Waals surface area contributed by atoms with Gasteiger partial charge in [0.2, 0.25) is 5.95 Å². The molecule has 4 heteroatoms. The number of aromatic nitrogens is 3. The third-order valence-electron chi connectivity index (χ3n) is 9.75. The van der Waals surface area contributed by atoms with E-state index in [0.717, 1.165) is 56.2 Å². The lowest BCUT2D eigenvalue weighted by atomic mass is 9.94. The first-order valence-corrected chi connectivity index (χ1v) is 16.9. The number of anilines is 3. The summed E-state index contributed by atoms with van der Waals surface area (Å²) in [5.74, 6) is 0.619. The zero-order chi connectivity index (χ0) is 33.0. The minimum Gasteiger partial charge on any atom is -0.309 e. The lowest BCUT2D eigenvalue weighted by Gasteiger charge is -2.26. The van der Waals surface area contributed by atoms with E-state index in [1.54, 1.807) is 0 Å². The smallest absolute Gasteiger partial charge is 0.235 e. The summed E-state index contributed by atoms with van der Waals surface area (Å²) in [6.07, 6.45) is 0. The molecule has 0 unspecified atom stereocenters. The number of fused-ring (bicyclic) bond motifs is 8. The van der Waals surface area contributed by atoms with E-state index in [1.807, 2.05) is 12.1 Å². The number of hydrogen-bond acceptors (Lipinski definition) is 3. The molecule has 50 heavy (non-hydrogen) atoms. The molecule has 0 N–H and O–H groups in total. The zero-order valence-electron chi connectivity index (χ0n) is 27.1. The molecule has 2 aromatic heterocycles. The number of para-hydroxylation sites is 3. The van der Waals surface area contributed by atoms with Crippen LogP contribution >= 0.6 is 0 Å². The molecule has 0 fully saturated rings. The molecule has 4 nitrogen and oxygen atoms in total. The van der Waals surface area contributed by atoms with Crippen LogP contribution in [0.5, 0.6) is 0 Å². The van der Waals surface area contributed by atoms with Crippen molar-refractivity contribution in [1.29, 1.82) is 0 Å². The molecule has 0 saturated heterocycles. The van der Waals surface area contributed by atoms with Crippen molar-refractivity contribution < 1.29 is 0 Å². The van der Waals surface area contributed by atoms with E-state index in [2.05, 4.69) is 179 Å². The summed E-state index contributed by atoms with van der Waals surface area (Å²) >= 11 is 0. The number of rotatable bonds is 4. The predicted octanol–water partition coefficient (Wildman–Crippen LogP) is 12.0. The molecule has 1 aliphatic heterocycles. The number of hydrogen-bond donors (Lipinski definition) is 0. The van der Waals surface area contributed by atoms with Crippen molar-refractivity contribution in [2.45, 2.75) is 0 Å². The maximum atomic E-state index is 5.37. The van der Waals surface area contributed by atoms with E-state index in [-0.39, 0.29) is 0 Å². The van der Waals surface area contributed by atoms with Gasteiger partial charge in [-0.1, -0.05) is 140 Å². The normalized spacial score (nSPS) is 12.0. The third-order valence-corrected chi connectivity index (χ3v) is 9.75. The molecule has 0 amide bonds. The first-order chi connectivity index (χ1) is 24.8.